The molecule has 3 rings (SSSR count). The summed E-state index contributed by atoms with van der Waals surface area (Å²) in [6.07, 6.45) is 6.21. The molecule has 1 aliphatic rings. The van der Waals surface area contributed by atoms with Crippen LogP contribution in [0.3, 0.4) is 0 Å². The summed E-state index contributed by atoms with van der Waals surface area (Å²) in [4.78, 5) is 0. The molecule has 0 bridgehead atoms. The quantitative estimate of drug-likeness (QED) is 0.436. The van der Waals surface area contributed by atoms with E-state index in [1.54, 1.807) is 19.2 Å². The molecule has 5 heteroatoms. The summed E-state index contributed by atoms with van der Waals surface area (Å²) in [5, 5.41) is 0. The fraction of sp³-hybridized carbons (Fsp3) is 0.111. The van der Waals surface area contributed by atoms with Crippen molar-refractivity contribution in [3.63, 3.8) is 0 Å². The third kappa shape index (κ3) is 11.8. The average Bonchev–Trinajstić information content (AvgIpc) is 2.99. The first-order chi connectivity index (χ1) is 9.40. The number of rotatable bonds is 1. The predicted molar refractivity (Wildman–Crippen MR) is 105 cm³/mol. The second kappa shape index (κ2) is 19.7. The molecule has 0 spiro atoms. The van der Waals surface area contributed by atoms with Crippen molar-refractivity contribution >= 4 is 38.5 Å². The Morgan fingerprint density at radius 3 is 1.91 bits per heavy atom. The molecule has 2 aromatic carbocycles. The maximum absolute atomic E-state index is 6.94. The molecule has 0 aromatic heterocycles. The number of hydrogen-bond acceptors (Lipinski definition) is 0. The molecule has 0 saturated heterocycles. The van der Waals surface area contributed by atoms with Crippen molar-refractivity contribution in [2.24, 2.45) is 0 Å². The Bertz CT molecular complexity index is 521. The summed E-state index contributed by atoms with van der Waals surface area (Å²) < 4.78 is 0. The zero-order valence-corrected chi connectivity index (χ0v) is 17.7. The van der Waals surface area contributed by atoms with Gasteiger partial charge in [-0.15, -0.1) is 49.4 Å². The topological polar surface area (TPSA) is 23.8 Å². The number of nitrogens with one attached hydrogen (secondary N) is 1. The second-order valence-electron chi connectivity index (χ2n) is 3.89. The van der Waals surface area contributed by atoms with Gasteiger partial charge >= 0.3 is 26.8 Å². The van der Waals surface area contributed by atoms with Crippen LogP contribution in [0, 0.1) is 20.9 Å². The summed E-state index contributed by atoms with van der Waals surface area (Å²) in [5.74, 6) is 0. The molecule has 23 heavy (non-hydrogen) atoms. The van der Waals surface area contributed by atoms with Crippen LogP contribution in [-0.4, -0.2) is 7.63 Å². The van der Waals surface area contributed by atoms with Gasteiger partial charge < -0.3 is 20.6 Å². The number of benzene rings is 2. The summed E-state index contributed by atoms with van der Waals surface area (Å²) >= 11 is 1.81. The molecule has 0 heterocycles. The summed E-state index contributed by atoms with van der Waals surface area (Å²) in [7, 11) is 2.97. The Kier molecular flexibility index (Phi) is 26.1. The standard InChI is InChI=1S/C9H7.C7H8N.2CH3.2ClH.Si.Ti/c1-2-5-9-7-3-6-8(9)4-1;8-6-7-4-2-1-3-5-7;;;;;;/h1-2,4-6H,7H2;1-5,8H,6H2;2*1H3;2*1H;;/q4*-1;;;;. The van der Waals surface area contributed by atoms with E-state index in [0.717, 1.165) is 12.0 Å². The zero-order valence-electron chi connectivity index (χ0n) is 13.5. The molecule has 126 valence electrons. The van der Waals surface area contributed by atoms with E-state index in [-0.39, 0.29) is 39.7 Å². The third-order valence-electron chi connectivity index (χ3n) is 2.65. The van der Waals surface area contributed by atoms with Gasteiger partial charge in [0.25, 0.3) is 0 Å². The van der Waals surface area contributed by atoms with E-state index in [1.807, 2.05) is 30.3 Å². The summed E-state index contributed by atoms with van der Waals surface area (Å²) in [6.45, 7) is 0.390. The van der Waals surface area contributed by atoms with Crippen LogP contribution >= 0.6 is 24.8 Å². The first-order valence-corrected chi connectivity index (χ1v) is 8.82. The first kappa shape index (κ1) is 30.5. The van der Waals surface area contributed by atoms with Crippen LogP contribution in [0.5, 0.6) is 0 Å². The van der Waals surface area contributed by atoms with E-state index in [1.165, 1.54) is 11.1 Å². The van der Waals surface area contributed by atoms with Gasteiger partial charge in [0, 0.05) is 0 Å². The van der Waals surface area contributed by atoms with Crippen LogP contribution in [0.1, 0.15) is 16.7 Å². The summed E-state index contributed by atoms with van der Waals surface area (Å²) in [6, 6.07) is 18.1. The van der Waals surface area contributed by atoms with Crippen LogP contribution in [0.2, 0.25) is 0 Å². The van der Waals surface area contributed by atoms with Gasteiger partial charge in [0.05, 0.1) is 0 Å². The Morgan fingerprint density at radius 2 is 1.43 bits per heavy atom. The Hall–Kier alpha value is -0.349. The van der Waals surface area contributed by atoms with Crippen LogP contribution in [0.25, 0.3) is 11.8 Å². The van der Waals surface area contributed by atoms with E-state index < -0.39 is 0 Å². The molecular weight excluding hydrogens is 377 g/mol. The van der Waals surface area contributed by atoms with Crippen molar-refractivity contribution in [1.29, 1.82) is 0 Å². The van der Waals surface area contributed by atoms with Gasteiger partial charge in [0.2, 0.25) is 0 Å². The maximum atomic E-state index is 6.94. The fourth-order valence-corrected chi connectivity index (χ4v) is 1.70. The molecule has 0 atom stereocenters. The van der Waals surface area contributed by atoms with Gasteiger partial charge in [-0.1, -0.05) is 54.1 Å². The molecule has 0 fully saturated rings. The van der Waals surface area contributed by atoms with Gasteiger partial charge in [-0.05, 0) is 0 Å². The second-order valence-corrected chi connectivity index (χ2v) is 3.89. The molecule has 1 N–H and O–H groups in total. The molecule has 0 saturated carbocycles. The third-order valence-corrected chi connectivity index (χ3v) is 2.65. The molecule has 0 aliphatic heterocycles. The number of hydrogen-bond donors (Lipinski definition) is 0. The minimum absolute atomic E-state index is 0. The molecule has 0 amide bonds. The van der Waals surface area contributed by atoms with Crippen molar-refractivity contribution in [3.05, 3.63) is 98.0 Å². The SMILES string of the molecule is Cl.Cl.[C-]1=Cc2ccccc2C1.[CH3-].[CH3-].[NH-]Cc1ccccc1.[Si]=[Ti]. The van der Waals surface area contributed by atoms with Crippen molar-refractivity contribution < 1.29 is 19.2 Å². The van der Waals surface area contributed by atoms with Crippen molar-refractivity contribution in [2.45, 2.75) is 13.0 Å². The van der Waals surface area contributed by atoms with E-state index in [2.05, 4.69) is 44.0 Å². The van der Waals surface area contributed by atoms with E-state index in [0.29, 0.717) is 6.54 Å². The van der Waals surface area contributed by atoms with Gasteiger partial charge in [0.1, 0.15) is 0 Å². The van der Waals surface area contributed by atoms with E-state index in [9.17, 15) is 0 Å². The van der Waals surface area contributed by atoms with Gasteiger partial charge in [0.15, 0.2) is 0 Å². The van der Waals surface area contributed by atoms with Crippen molar-refractivity contribution in [1.82, 2.24) is 0 Å². The van der Waals surface area contributed by atoms with Crippen LogP contribution in [-0.2, 0) is 32.1 Å². The normalized spacial score (nSPS) is 8.70. The number of fused-ring (bicyclic) bond motifs is 1. The van der Waals surface area contributed by atoms with Crippen LogP contribution < -0.4 is 0 Å². The molecule has 0 unspecified atom stereocenters. The Labute approximate surface area is 168 Å². The fourth-order valence-electron chi connectivity index (χ4n) is 1.70. The average molecular weight is 400 g/mol. The monoisotopic (exact) mass is 399 g/mol. The predicted octanol–water partition coefficient (Wildman–Crippen LogP) is 5.66. The molecule has 2 radical (unpaired) electrons. The van der Waals surface area contributed by atoms with Gasteiger partial charge in [-0.3, -0.25) is 6.08 Å². The van der Waals surface area contributed by atoms with Gasteiger partial charge in [-0.2, -0.15) is 5.56 Å². The van der Waals surface area contributed by atoms with E-state index in [4.69, 9.17) is 5.73 Å². The van der Waals surface area contributed by atoms with Crippen LogP contribution in [0.4, 0.5) is 0 Å². The first-order valence-electron chi connectivity index (χ1n) is 5.98. The van der Waals surface area contributed by atoms with Crippen LogP contribution in [0.15, 0.2) is 54.6 Å². The summed E-state index contributed by atoms with van der Waals surface area (Å²) in [5.41, 5.74) is 10.8. The Balaban J connectivity index is -0.000000123. The minimum atomic E-state index is 0. The van der Waals surface area contributed by atoms with Crippen molar-refractivity contribution in [2.75, 3.05) is 0 Å². The molecular formula is C18H23Cl2NSiTi-4. The molecule has 2 aromatic rings. The molecule has 1 aliphatic carbocycles. The van der Waals surface area contributed by atoms with Crippen molar-refractivity contribution in [3.8, 4) is 0 Å². The molecule has 1 nitrogen and oxygen atoms in total. The Morgan fingerprint density at radius 1 is 0.913 bits per heavy atom. The number of allylic oxidation sites excluding steroid dienone is 1. The zero-order chi connectivity index (χ0) is 13.9. The van der Waals surface area contributed by atoms with Gasteiger partial charge in [-0.25, -0.2) is 6.08 Å². The number of halogens is 2. The van der Waals surface area contributed by atoms with E-state index >= 15 is 0 Å².